The molecule has 0 unspecified atom stereocenters. The van der Waals surface area contributed by atoms with E-state index in [2.05, 4.69) is 10.3 Å². The number of anilines is 1. The van der Waals surface area contributed by atoms with Crippen LogP contribution >= 0.6 is 0 Å². The van der Waals surface area contributed by atoms with Crippen molar-refractivity contribution in [3.63, 3.8) is 0 Å². The van der Waals surface area contributed by atoms with Gasteiger partial charge in [-0.15, -0.1) is 0 Å². The Morgan fingerprint density at radius 2 is 1.91 bits per heavy atom. The van der Waals surface area contributed by atoms with E-state index in [0.717, 1.165) is 11.1 Å². The molecule has 0 aliphatic carbocycles. The highest BCUT2D eigenvalue weighted by molar-refractivity contribution is 5.89. The molecule has 6 heteroatoms. The number of primary amides is 1. The molecule has 0 bridgehead atoms. The lowest BCUT2D eigenvalue weighted by molar-refractivity contribution is -0.118. The number of hydrogen-bond acceptors (Lipinski definition) is 3. The minimum absolute atomic E-state index is 0.113. The van der Waals surface area contributed by atoms with Crippen LogP contribution in [0.15, 0.2) is 48.7 Å². The van der Waals surface area contributed by atoms with E-state index in [1.165, 1.54) is 0 Å². The van der Waals surface area contributed by atoms with Gasteiger partial charge >= 0.3 is 6.03 Å². The Kier molecular flexibility index (Phi) is 5.68. The number of rotatable bonds is 6. The molecule has 0 spiro atoms. The summed E-state index contributed by atoms with van der Waals surface area (Å²) in [6.45, 7) is 2.52. The van der Waals surface area contributed by atoms with E-state index in [9.17, 15) is 9.59 Å². The van der Waals surface area contributed by atoms with Crippen molar-refractivity contribution in [1.29, 1.82) is 0 Å². The number of carbonyl (C=O) groups excluding carboxylic acids is 2. The van der Waals surface area contributed by atoms with Crippen molar-refractivity contribution in [2.24, 2.45) is 5.73 Å². The summed E-state index contributed by atoms with van der Waals surface area (Å²) in [5.41, 5.74) is 7.05. The van der Waals surface area contributed by atoms with Crippen LogP contribution in [-0.4, -0.2) is 28.4 Å². The van der Waals surface area contributed by atoms with Crippen LogP contribution in [0.1, 0.15) is 17.5 Å². The van der Waals surface area contributed by atoms with Crippen LogP contribution < -0.4 is 11.1 Å². The maximum absolute atomic E-state index is 12.5. The average molecular weight is 312 g/mol. The number of urea groups is 1. The summed E-state index contributed by atoms with van der Waals surface area (Å²) in [5, 5.41) is 2.78. The lowest BCUT2D eigenvalue weighted by Gasteiger charge is -2.23. The van der Waals surface area contributed by atoms with Gasteiger partial charge in [-0.25, -0.2) is 9.78 Å². The highest BCUT2D eigenvalue weighted by Gasteiger charge is 2.16. The molecule has 120 valence electrons. The molecular weight excluding hydrogens is 292 g/mol. The van der Waals surface area contributed by atoms with E-state index in [0.29, 0.717) is 12.4 Å². The molecule has 0 radical (unpaired) electrons. The smallest absolute Gasteiger partial charge is 0.323 e. The monoisotopic (exact) mass is 312 g/mol. The SMILES string of the molecule is Cc1cccnc1NC(=O)N(CCC(N)=O)Cc1ccccc1. The average Bonchev–Trinajstić information content (AvgIpc) is 2.54. The Morgan fingerprint density at radius 3 is 2.57 bits per heavy atom. The van der Waals surface area contributed by atoms with Gasteiger partial charge in [-0.2, -0.15) is 0 Å². The van der Waals surface area contributed by atoms with Gasteiger partial charge in [-0.05, 0) is 24.1 Å². The van der Waals surface area contributed by atoms with Gasteiger partial charge in [0.05, 0.1) is 0 Å². The van der Waals surface area contributed by atoms with E-state index in [1.807, 2.05) is 43.3 Å². The van der Waals surface area contributed by atoms with E-state index in [-0.39, 0.29) is 19.0 Å². The van der Waals surface area contributed by atoms with Crippen LogP contribution in [0.2, 0.25) is 0 Å². The zero-order chi connectivity index (χ0) is 16.7. The van der Waals surface area contributed by atoms with Crippen molar-refractivity contribution < 1.29 is 9.59 Å². The van der Waals surface area contributed by atoms with Crippen LogP contribution in [0.5, 0.6) is 0 Å². The number of aromatic nitrogens is 1. The summed E-state index contributed by atoms with van der Waals surface area (Å²) in [5.74, 6) is 0.0690. The molecule has 0 aliphatic rings. The number of hydrogen-bond donors (Lipinski definition) is 2. The van der Waals surface area contributed by atoms with Crippen molar-refractivity contribution in [3.05, 3.63) is 59.8 Å². The highest BCUT2D eigenvalue weighted by atomic mass is 16.2. The van der Waals surface area contributed by atoms with Crippen LogP contribution in [0, 0.1) is 6.92 Å². The highest BCUT2D eigenvalue weighted by Crippen LogP contribution is 2.12. The first-order chi connectivity index (χ1) is 11.1. The van der Waals surface area contributed by atoms with E-state index < -0.39 is 5.91 Å². The fraction of sp³-hybridized carbons (Fsp3) is 0.235. The van der Waals surface area contributed by atoms with Gasteiger partial charge < -0.3 is 10.6 Å². The molecule has 1 heterocycles. The second-order valence-electron chi connectivity index (χ2n) is 5.22. The zero-order valence-electron chi connectivity index (χ0n) is 13.0. The number of nitrogens with one attached hydrogen (secondary N) is 1. The fourth-order valence-electron chi connectivity index (χ4n) is 2.10. The van der Waals surface area contributed by atoms with Gasteiger partial charge in [0.25, 0.3) is 0 Å². The normalized spacial score (nSPS) is 10.1. The topological polar surface area (TPSA) is 88.3 Å². The first-order valence-electron chi connectivity index (χ1n) is 7.36. The van der Waals surface area contributed by atoms with Crippen molar-refractivity contribution in [2.45, 2.75) is 19.9 Å². The molecule has 2 rings (SSSR count). The summed E-state index contributed by atoms with van der Waals surface area (Å²) in [6.07, 6.45) is 1.73. The van der Waals surface area contributed by atoms with Crippen molar-refractivity contribution in [1.82, 2.24) is 9.88 Å². The molecular formula is C17H20N4O2. The summed E-state index contributed by atoms with van der Waals surface area (Å²) in [4.78, 5) is 29.2. The van der Waals surface area contributed by atoms with Gasteiger partial charge in [0.15, 0.2) is 0 Å². The Labute approximate surface area is 135 Å². The minimum Gasteiger partial charge on any atom is -0.370 e. The molecule has 0 saturated carbocycles. The second-order valence-corrected chi connectivity index (χ2v) is 5.22. The van der Waals surface area contributed by atoms with Gasteiger partial charge in [-0.1, -0.05) is 36.4 Å². The second kappa shape index (κ2) is 7.93. The summed E-state index contributed by atoms with van der Waals surface area (Å²) < 4.78 is 0. The van der Waals surface area contributed by atoms with Gasteiger partial charge in [0.2, 0.25) is 5.91 Å². The maximum Gasteiger partial charge on any atom is 0.323 e. The van der Waals surface area contributed by atoms with E-state index in [4.69, 9.17) is 5.73 Å². The lowest BCUT2D eigenvalue weighted by atomic mass is 10.2. The van der Waals surface area contributed by atoms with Crippen molar-refractivity contribution >= 4 is 17.8 Å². The van der Waals surface area contributed by atoms with Gasteiger partial charge in [0.1, 0.15) is 5.82 Å². The molecule has 0 aliphatic heterocycles. The fourth-order valence-corrected chi connectivity index (χ4v) is 2.10. The molecule has 1 aromatic carbocycles. The van der Waals surface area contributed by atoms with Crippen LogP contribution in [0.3, 0.4) is 0 Å². The Balaban J connectivity index is 2.10. The van der Waals surface area contributed by atoms with E-state index in [1.54, 1.807) is 17.2 Å². The first kappa shape index (κ1) is 16.5. The number of amides is 3. The molecule has 0 fully saturated rings. The quantitative estimate of drug-likeness (QED) is 0.857. The summed E-state index contributed by atoms with van der Waals surface area (Å²) in [7, 11) is 0. The standard InChI is InChI=1S/C17H20N4O2/c1-13-6-5-10-19-16(13)20-17(23)21(11-9-15(18)22)12-14-7-3-2-4-8-14/h2-8,10H,9,11-12H2,1H3,(H2,18,22)(H,19,20,23). The molecule has 3 N–H and O–H groups in total. The lowest BCUT2D eigenvalue weighted by Crippen LogP contribution is -2.37. The molecule has 6 nitrogen and oxygen atoms in total. The third kappa shape index (κ3) is 5.10. The largest absolute Gasteiger partial charge is 0.370 e. The van der Waals surface area contributed by atoms with Crippen molar-refractivity contribution in [3.8, 4) is 0 Å². The van der Waals surface area contributed by atoms with Gasteiger partial charge in [-0.3, -0.25) is 10.1 Å². The summed E-state index contributed by atoms with van der Waals surface area (Å²) in [6, 6.07) is 12.9. The molecule has 2 aromatic rings. The first-order valence-corrected chi connectivity index (χ1v) is 7.36. The molecule has 0 atom stereocenters. The molecule has 1 aromatic heterocycles. The summed E-state index contributed by atoms with van der Waals surface area (Å²) >= 11 is 0. The molecule has 3 amide bonds. The Morgan fingerprint density at radius 1 is 1.17 bits per heavy atom. The number of nitrogens with two attached hydrogens (primary N) is 1. The van der Waals surface area contributed by atoms with Crippen molar-refractivity contribution in [2.75, 3.05) is 11.9 Å². The number of aryl methyl sites for hydroxylation is 1. The van der Waals surface area contributed by atoms with Crippen LogP contribution in [0.25, 0.3) is 0 Å². The van der Waals surface area contributed by atoms with E-state index >= 15 is 0 Å². The Bertz CT molecular complexity index is 673. The maximum atomic E-state index is 12.5. The number of nitrogens with zero attached hydrogens (tertiary/aromatic N) is 2. The predicted octanol–water partition coefficient (Wildman–Crippen LogP) is 2.30. The molecule has 23 heavy (non-hydrogen) atoms. The van der Waals surface area contributed by atoms with Crippen LogP contribution in [0.4, 0.5) is 10.6 Å². The van der Waals surface area contributed by atoms with Crippen LogP contribution in [-0.2, 0) is 11.3 Å². The zero-order valence-corrected chi connectivity index (χ0v) is 13.0. The third-order valence-electron chi connectivity index (χ3n) is 3.37. The predicted molar refractivity (Wildman–Crippen MR) is 88.7 cm³/mol. The number of benzene rings is 1. The Hall–Kier alpha value is -2.89. The minimum atomic E-state index is -0.440. The van der Waals surface area contributed by atoms with Gasteiger partial charge in [0, 0.05) is 25.7 Å². The molecule has 0 saturated heterocycles. The third-order valence-corrected chi connectivity index (χ3v) is 3.37. The number of carbonyl (C=O) groups is 2. The number of pyridine rings is 1.